The number of likely N-dealkylation sites (tertiary alicyclic amines) is 1. The van der Waals surface area contributed by atoms with E-state index >= 15 is 0 Å². The van der Waals surface area contributed by atoms with Crippen LogP contribution >= 0.6 is 11.6 Å². The minimum Gasteiger partial charge on any atom is -0.497 e. The maximum absolute atomic E-state index is 12.6. The zero-order valence-corrected chi connectivity index (χ0v) is 20.6. The molecule has 190 valence electrons. The predicted molar refractivity (Wildman–Crippen MR) is 136 cm³/mol. The molecule has 2 aromatic heterocycles. The highest BCUT2D eigenvalue weighted by Crippen LogP contribution is 2.30. The lowest BCUT2D eigenvalue weighted by Gasteiger charge is -2.19. The van der Waals surface area contributed by atoms with E-state index in [1.54, 1.807) is 23.8 Å². The normalized spacial score (nSPS) is 19.7. The van der Waals surface area contributed by atoms with Gasteiger partial charge in [0.2, 0.25) is 0 Å². The second-order valence-corrected chi connectivity index (χ2v) is 9.47. The maximum atomic E-state index is 12.6. The first kappa shape index (κ1) is 24.5. The number of ether oxygens (including phenoxy) is 2. The molecule has 0 aliphatic carbocycles. The number of nitrogens with zero attached hydrogens (tertiary/aromatic N) is 3. The molecule has 0 spiro atoms. The second kappa shape index (κ2) is 10.4. The molecule has 0 unspecified atom stereocenters. The number of hydrogen-bond donors (Lipinski definition) is 3. The number of methoxy groups -OCH3 is 1. The molecule has 11 heteroatoms. The van der Waals surface area contributed by atoms with Gasteiger partial charge in [0.15, 0.2) is 18.2 Å². The average Bonchev–Trinajstić information content (AvgIpc) is 3.22. The SMILES string of the molecule is COc1ccc2ccc(=O)n(CCN3C[C@H](CNCc4nc5c(cc4Cl)OCC(=O)N5)[C@H](O)C3)c2c1. The van der Waals surface area contributed by atoms with Gasteiger partial charge in [0.1, 0.15) is 5.75 Å². The average molecular weight is 514 g/mol. The van der Waals surface area contributed by atoms with Gasteiger partial charge < -0.3 is 29.8 Å². The molecule has 0 radical (unpaired) electrons. The summed E-state index contributed by atoms with van der Waals surface area (Å²) in [7, 11) is 1.61. The molecule has 0 bridgehead atoms. The van der Waals surface area contributed by atoms with E-state index in [1.807, 2.05) is 24.3 Å². The van der Waals surface area contributed by atoms with E-state index in [2.05, 4.69) is 20.5 Å². The number of amides is 1. The number of β-amino-alcohol motifs (C(OH)–C–C–N with tert-alkyl or cyclic N) is 1. The molecule has 1 amide bonds. The smallest absolute Gasteiger partial charge is 0.263 e. The van der Waals surface area contributed by atoms with Crippen LogP contribution in [0.2, 0.25) is 5.02 Å². The van der Waals surface area contributed by atoms with Crippen LogP contribution < -0.4 is 25.7 Å². The summed E-state index contributed by atoms with van der Waals surface area (Å²) < 4.78 is 12.4. The van der Waals surface area contributed by atoms with E-state index in [0.717, 1.165) is 10.9 Å². The van der Waals surface area contributed by atoms with E-state index in [-0.39, 0.29) is 24.0 Å². The molecule has 3 N–H and O–H groups in total. The van der Waals surface area contributed by atoms with Crippen LogP contribution in [0.1, 0.15) is 5.69 Å². The van der Waals surface area contributed by atoms with Gasteiger partial charge >= 0.3 is 0 Å². The Kier molecular flexibility index (Phi) is 7.10. The fraction of sp³-hybridized carbons (Fsp3) is 0.400. The fourth-order valence-corrected chi connectivity index (χ4v) is 4.92. The summed E-state index contributed by atoms with van der Waals surface area (Å²) in [5.41, 5.74) is 1.36. The van der Waals surface area contributed by atoms with Crippen LogP contribution in [0.25, 0.3) is 10.9 Å². The number of nitrogens with one attached hydrogen (secondary N) is 2. The molecule has 10 nitrogen and oxygen atoms in total. The van der Waals surface area contributed by atoms with Gasteiger partial charge in [-0.1, -0.05) is 11.6 Å². The highest BCUT2D eigenvalue weighted by Gasteiger charge is 2.31. The summed E-state index contributed by atoms with van der Waals surface area (Å²) >= 11 is 6.33. The molecule has 3 aromatic rings. The number of benzene rings is 1. The van der Waals surface area contributed by atoms with Crippen LogP contribution in [-0.2, 0) is 17.9 Å². The van der Waals surface area contributed by atoms with Gasteiger partial charge in [-0.25, -0.2) is 4.98 Å². The molecule has 1 aromatic carbocycles. The Morgan fingerprint density at radius 1 is 1.22 bits per heavy atom. The number of anilines is 1. The van der Waals surface area contributed by atoms with E-state index < -0.39 is 6.10 Å². The molecule has 1 saturated heterocycles. The first-order valence-electron chi connectivity index (χ1n) is 11.8. The molecule has 5 rings (SSSR count). The van der Waals surface area contributed by atoms with Crippen molar-refractivity contribution in [1.29, 1.82) is 0 Å². The van der Waals surface area contributed by atoms with Crippen LogP contribution in [0.15, 0.2) is 41.2 Å². The van der Waals surface area contributed by atoms with Crippen molar-refractivity contribution in [3.05, 3.63) is 57.5 Å². The van der Waals surface area contributed by atoms with E-state index in [4.69, 9.17) is 21.1 Å². The molecule has 36 heavy (non-hydrogen) atoms. The molecule has 4 heterocycles. The van der Waals surface area contributed by atoms with Crippen LogP contribution in [0.5, 0.6) is 11.5 Å². The number of halogens is 1. The van der Waals surface area contributed by atoms with Gasteiger partial charge in [0.25, 0.3) is 11.5 Å². The van der Waals surface area contributed by atoms with Crippen molar-refractivity contribution < 1.29 is 19.4 Å². The van der Waals surface area contributed by atoms with Crippen molar-refractivity contribution >= 4 is 34.2 Å². The third-order valence-corrected chi connectivity index (χ3v) is 6.98. The predicted octanol–water partition coefficient (Wildman–Crippen LogP) is 1.47. The fourth-order valence-electron chi connectivity index (χ4n) is 4.71. The van der Waals surface area contributed by atoms with Crippen LogP contribution in [0.3, 0.4) is 0 Å². The van der Waals surface area contributed by atoms with Crippen molar-refractivity contribution in [1.82, 2.24) is 19.8 Å². The Morgan fingerprint density at radius 2 is 2.06 bits per heavy atom. The number of carbonyl (C=O) groups is 1. The minimum absolute atomic E-state index is 0.0220. The Balaban J connectivity index is 1.17. The van der Waals surface area contributed by atoms with E-state index in [0.29, 0.717) is 67.3 Å². The summed E-state index contributed by atoms with van der Waals surface area (Å²) in [5.74, 6) is 1.28. The number of aromatic nitrogens is 2. The Morgan fingerprint density at radius 3 is 2.89 bits per heavy atom. The summed E-state index contributed by atoms with van der Waals surface area (Å²) in [4.78, 5) is 30.7. The summed E-state index contributed by atoms with van der Waals surface area (Å²) in [5, 5.41) is 18.0. The number of rotatable bonds is 8. The van der Waals surface area contributed by atoms with Gasteiger partial charge in [-0.2, -0.15) is 0 Å². The number of fused-ring (bicyclic) bond motifs is 2. The van der Waals surface area contributed by atoms with Crippen LogP contribution in [0.4, 0.5) is 5.82 Å². The van der Waals surface area contributed by atoms with Gasteiger partial charge in [-0.05, 0) is 23.6 Å². The lowest BCUT2D eigenvalue weighted by molar-refractivity contribution is -0.118. The Labute approximate surface area is 212 Å². The molecule has 2 atom stereocenters. The number of aliphatic hydroxyl groups excluding tert-OH is 1. The third-order valence-electron chi connectivity index (χ3n) is 6.65. The number of hydrogen-bond acceptors (Lipinski definition) is 8. The topological polar surface area (TPSA) is 118 Å². The number of aliphatic hydroxyl groups is 1. The molecule has 1 fully saturated rings. The molecule has 2 aliphatic rings. The quantitative estimate of drug-likeness (QED) is 0.414. The van der Waals surface area contributed by atoms with Crippen molar-refractivity contribution in [2.24, 2.45) is 5.92 Å². The summed E-state index contributed by atoms with van der Waals surface area (Å²) in [6.45, 7) is 3.30. The second-order valence-electron chi connectivity index (χ2n) is 9.07. The first-order chi connectivity index (χ1) is 17.4. The molecule has 0 saturated carbocycles. The van der Waals surface area contributed by atoms with Crippen molar-refractivity contribution in [3.63, 3.8) is 0 Å². The molecular weight excluding hydrogens is 486 g/mol. The highest BCUT2D eigenvalue weighted by molar-refractivity contribution is 6.31. The summed E-state index contributed by atoms with van der Waals surface area (Å²) in [6, 6.07) is 10.7. The standard InChI is InChI=1S/C25H28ClN5O5/c1-35-17-4-2-15-3-5-24(34)31(20(15)8-17)7-6-30-12-16(21(32)13-30)10-27-11-19-18(26)9-22-25(28-19)29-23(33)14-36-22/h2-5,8-9,16,21,27,32H,6-7,10-14H2,1H3,(H,28,29,33)/t16-,21+/m0/s1. The van der Waals surface area contributed by atoms with Gasteiger partial charge in [-0.15, -0.1) is 0 Å². The van der Waals surface area contributed by atoms with Crippen molar-refractivity contribution in [2.75, 3.05) is 45.2 Å². The van der Waals surface area contributed by atoms with Crippen LogP contribution in [-0.4, -0.2) is 71.5 Å². The zero-order chi connectivity index (χ0) is 25.2. The lowest BCUT2D eigenvalue weighted by atomic mass is 10.1. The monoisotopic (exact) mass is 513 g/mol. The Bertz CT molecular complexity index is 1350. The van der Waals surface area contributed by atoms with Gasteiger partial charge in [0, 0.05) is 63.4 Å². The molecule has 2 aliphatic heterocycles. The van der Waals surface area contributed by atoms with E-state index in [9.17, 15) is 14.7 Å². The molecular formula is C25H28ClN5O5. The maximum Gasteiger partial charge on any atom is 0.263 e. The number of pyridine rings is 2. The van der Waals surface area contributed by atoms with Crippen molar-refractivity contribution in [2.45, 2.75) is 19.2 Å². The Hall–Kier alpha value is -3.18. The highest BCUT2D eigenvalue weighted by atomic mass is 35.5. The third kappa shape index (κ3) is 5.17. The van der Waals surface area contributed by atoms with Gasteiger partial charge in [0.05, 0.1) is 29.4 Å². The lowest BCUT2D eigenvalue weighted by Crippen LogP contribution is -2.31. The largest absolute Gasteiger partial charge is 0.497 e. The van der Waals surface area contributed by atoms with Crippen LogP contribution in [0, 0.1) is 5.92 Å². The summed E-state index contributed by atoms with van der Waals surface area (Å²) in [6.07, 6.45) is -0.485. The van der Waals surface area contributed by atoms with Gasteiger partial charge in [-0.3, -0.25) is 14.5 Å². The first-order valence-corrected chi connectivity index (χ1v) is 12.2. The van der Waals surface area contributed by atoms with E-state index in [1.165, 1.54) is 0 Å². The zero-order valence-electron chi connectivity index (χ0n) is 19.9. The minimum atomic E-state index is -0.485. The van der Waals surface area contributed by atoms with Crippen molar-refractivity contribution in [3.8, 4) is 11.5 Å². The number of carbonyl (C=O) groups excluding carboxylic acids is 1.